The van der Waals surface area contributed by atoms with Gasteiger partial charge in [0.25, 0.3) is 11.7 Å². The van der Waals surface area contributed by atoms with Crippen LogP contribution in [0, 0.1) is 6.92 Å². The van der Waals surface area contributed by atoms with E-state index in [1.165, 1.54) is 18.9 Å². The predicted octanol–water partition coefficient (Wildman–Crippen LogP) is 6.54. The fraction of sp³-hybridized carbons (Fsp3) is 0.258. The maximum atomic E-state index is 13.6. The minimum absolute atomic E-state index is 0.0746. The molecule has 1 saturated heterocycles. The highest BCUT2D eigenvalue weighted by Crippen LogP contribution is 2.45. The highest BCUT2D eigenvalue weighted by molar-refractivity contribution is 6.51. The van der Waals surface area contributed by atoms with E-state index < -0.39 is 17.7 Å². The van der Waals surface area contributed by atoms with Crippen LogP contribution in [0.1, 0.15) is 56.0 Å². The van der Waals surface area contributed by atoms with Gasteiger partial charge in [-0.1, -0.05) is 56.6 Å². The van der Waals surface area contributed by atoms with Gasteiger partial charge >= 0.3 is 0 Å². The first kappa shape index (κ1) is 27.9. The van der Waals surface area contributed by atoms with Gasteiger partial charge in [-0.3, -0.25) is 19.3 Å². The van der Waals surface area contributed by atoms with E-state index in [4.69, 9.17) is 16.3 Å². The number of methoxy groups -OCH3 is 1. The number of halogens is 1. The van der Waals surface area contributed by atoms with E-state index in [2.05, 4.69) is 26.1 Å². The smallest absolute Gasteiger partial charge is 0.300 e. The molecule has 1 atom stereocenters. The molecule has 1 aliphatic heterocycles. The van der Waals surface area contributed by atoms with Gasteiger partial charge in [-0.2, -0.15) is 0 Å². The summed E-state index contributed by atoms with van der Waals surface area (Å²) in [5, 5.41) is 14.6. The molecule has 7 nitrogen and oxygen atoms in total. The van der Waals surface area contributed by atoms with Crippen LogP contribution in [0.2, 0.25) is 5.02 Å². The Labute approximate surface area is 233 Å². The number of nitrogens with zero attached hydrogens (tertiary/aromatic N) is 1. The highest BCUT2D eigenvalue weighted by Gasteiger charge is 2.47. The minimum atomic E-state index is -0.922. The van der Waals surface area contributed by atoms with Gasteiger partial charge in [-0.15, -0.1) is 0 Å². The van der Waals surface area contributed by atoms with Crippen molar-refractivity contribution in [3.05, 3.63) is 93.5 Å². The zero-order valence-corrected chi connectivity index (χ0v) is 23.5. The number of ether oxygens (including phenoxy) is 1. The second-order valence-corrected chi connectivity index (χ2v) is 11.0. The Bertz CT molecular complexity index is 1490. The number of carbonyl (C=O) groups excluding carboxylic acids is 3. The quantitative estimate of drug-likeness (QED) is 0.215. The number of aryl methyl sites for hydroxylation is 1. The molecule has 0 aliphatic carbocycles. The lowest BCUT2D eigenvalue weighted by atomic mass is 9.85. The zero-order valence-electron chi connectivity index (χ0n) is 22.8. The van der Waals surface area contributed by atoms with Crippen LogP contribution in [0.25, 0.3) is 5.76 Å². The number of anilines is 2. The monoisotopic (exact) mass is 546 g/mol. The molecule has 4 rings (SSSR count). The summed E-state index contributed by atoms with van der Waals surface area (Å²) in [5.41, 5.74) is 3.49. The van der Waals surface area contributed by atoms with E-state index in [0.29, 0.717) is 16.9 Å². The molecule has 1 heterocycles. The Morgan fingerprint density at radius 3 is 2.18 bits per heavy atom. The molecule has 1 fully saturated rings. The standard InChI is InChI=1S/C31H31ClN2O5/c1-17-15-23(29(39-6)24(32)16-17)27(36)25-26(19-7-9-20(10-8-19)31(3,4)5)34(30(38)28(25)37)22-13-11-21(12-14-22)33-18(2)35/h7-16,26,36H,1-6H3,(H,33,35)/b27-25+. The molecular weight excluding hydrogens is 516 g/mol. The van der Waals surface area contributed by atoms with Crippen molar-refractivity contribution in [2.24, 2.45) is 0 Å². The summed E-state index contributed by atoms with van der Waals surface area (Å²) < 4.78 is 5.45. The molecule has 39 heavy (non-hydrogen) atoms. The number of amides is 2. The van der Waals surface area contributed by atoms with Gasteiger partial charge in [-0.05, 0) is 65.4 Å². The fourth-order valence-corrected chi connectivity index (χ4v) is 5.10. The molecular formula is C31H31ClN2O5. The number of Topliss-reactive ketones (excluding diaryl/α,β-unsaturated/α-hetero) is 1. The number of hydrogen-bond donors (Lipinski definition) is 2. The van der Waals surface area contributed by atoms with E-state index in [-0.39, 0.29) is 39.0 Å². The number of aliphatic hydroxyl groups is 1. The average Bonchev–Trinajstić information content (AvgIpc) is 3.13. The Morgan fingerprint density at radius 2 is 1.64 bits per heavy atom. The van der Waals surface area contributed by atoms with Crippen molar-refractivity contribution >= 4 is 46.3 Å². The lowest BCUT2D eigenvalue weighted by Gasteiger charge is -2.27. The second kappa shape index (κ2) is 10.6. The first-order chi connectivity index (χ1) is 18.3. The number of rotatable bonds is 5. The van der Waals surface area contributed by atoms with Crippen LogP contribution in [0.4, 0.5) is 11.4 Å². The van der Waals surface area contributed by atoms with E-state index in [9.17, 15) is 19.5 Å². The van der Waals surface area contributed by atoms with Crippen molar-refractivity contribution < 1.29 is 24.2 Å². The first-order valence-corrected chi connectivity index (χ1v) is 12.8. The molecule has 1 aliphatic rings. The number of ketones is 1. The number of hydrogen-bond acceptors (Lipinski definition) is 5. The van der Waals surface area contributed by atoms with Crippen LogP contribution < -0.4 is 15.0 Å². The zero-order chi connectivity index (χ0) is 28.6. The van der Waals surface area contributed by atoms with E-state index in [0.717, 1.165) is 11.1 Å². The van der Waals surface area contributed by atoms with E-state index in [1.807, 2.05) is 24.3 Å². The largest absolute Gasteiger partial charge is 0.507 e. The van der Waals surface area contributed by atoms with Gasteiger partial charge in [0.05, 0.1) is 29.3 Å². The molecule has 3 aromatic rings. The summed E-state index contributed by atoms with van der Waals surface area (Å²) in [4.78, 5) is 39.9. The van der Waals surface area contributed by atoms with Crippen LogP contribution in [0.3, 0.4) is 0 Å². The Balaban J connectivity index is 1.95. The Kier molecular flexibility index (Phi) is 7.57. The molecule has 8 heteroatoms. The normalized spacial score (nSPS) is 16.9. The maximum absolute atomic E-state index is 13.6. The van der Waals surface area contributed by atoms with Crippen molar-refractivity contribution in [2.75, 3.05) is 17.3 Å². The summed E-state index contributed by atoms with van der Waals surface area (Å²) in [6, 6.07) is 16.7. The van der Waals surface area contributed by atoms with Crippen LogP contribution >= 0.6 is 11.6 Å². The molecule has 0 aromatic heterocycles. The predicted molar refractivity (Wildman–Crippen MR) is 153 cm³/mol. The number of benzene rings is 3. The van der Waals surface area contributed by atoms with Crippen LogP contribution in [0.15, 0.2) is 66.2 Å². The van der Waals surface area contributed by atoms with Crippen molar-refractivity contribution in [1.82, 2.24) is 0 Å². The topological polar surface area (TPSA) is 95.9 Å². The molecule has 1 unspecified atom stereocenters. The molecule has 3 aromatic carbocycles. The average molecular weight is 547 g/mol. The Hall–Kier alpha value is -4.10. The third-order valence-electron chi connectivity index (χ3n) is 6.65. The van der Waals surface area contributed by atoms with E-state index in [1.54, 1.807) is 43.3 Å². The lowest BCUT2D eigenvalue weighted by Crippen LogP contribution is -2.29. The summed E-state index contributed by atoms with van der Waals surface area (Å²) in [6.45, 7) is 9.50. The van der Waals surface area contributed by atoms with Gasteiger partial charge in [0.1, 0.15) is 11.5 Å². The van der Waals surface area contributed by atoms with Crippen molar-refractivity contribution in [1.29, 1.82) is 0 Å². The first-order valence-electron chi connectivity index (χ1n) is 12.5. The molecule has 0 spiro atoms. The molecule has 202 valence electrons. The van der Waals surface area contributed by atoms with Gasteiger partial charge < -0.3 is 15.2 Å². The van der Waals surface area contributed by atoms with Crippen molar-refractivity contribution in [2.45, 2.75) is 46.1 Å². The van der Waals surface area contributed by atoms with Crippen LogP contribution in [-0.2, 0) is 19.8 Å². The third-order valence-corrected chi connectivity index (χ3v) is 6.93. The molecule has 2 N–H and O–H groups in total. The van der Waals surface area contributed by atoms with Gasteiger partial charge in [0.2, 0.25) is 5.91 Å². The number of aliphatic hydroxyl groups excluding tert-OH is 1. The molecule has 0 radical (unpaired) electrons. The van der Waals surface area contributed by atoms with E-state index >= 15 is 0 Å². The van der Waals surface area contributed by atoms with Gasteiger partial charge in [0.15, 0.2) is 0 Å². The summed E-state index contributed by atoms with van der Waals surface area (Å²) in [7, 11) is 1.42. The minimum Gasteiger partial charge on any atom is -0.507 e. The van der Waals surface area contributed by atoms with Crippen LogP contribution in [-0.4, -0.2) is 29.8 Å². The summed E-state index contributed by atoms with van der Waals surface area (Å²) >= 11 is 6.39. The number of nitrogens with one attached hydrogen (secondary N) is 1. The maximum Gasteiger partial charge on any atom is 0.300 e. The van der Waals surface area contributed by atoms with Crippen LogP contribution in [0.5, 0.6) is 5.75 Å². The highest BCUT2D eigenvalue weighted by atomic mass is 35.5. The molecule has 0 bridgehead atoms. The number of carbonyl (C=O) groups is 3. The lowest BCUT2D eigenvalue weighted by molar-refractivity contribution is -0.132. The summed E-state index contributed by atoms with van der Waals surface area (Å²) in [5.74, 6) is -2.02. The van der Waals surface area contributed by atoms with Gasteiger partial charge in [0, 0.05) is 18.3 Å². The SMILES string of the molecule is COc1c(Cl)cc(C)cc1/C(O)=C1\C(=O)C(=O)N(c2ccc(NC(C)=O)cc2)C1c1ccc(C(C)(C)C)cc1. The fourth-order valence-electron chi connectivity index (χ4n) is 4.75. The molecule has 0 saturated carbocycles. The van der Waals surface area contributed by atoms with Crippen molar-refractivity contribution in [3.63, 3.8) is 0 Å². The summed E-state index contributed by atoms with van der Waals surface area (Å²) in [6.07, 6.45) is 0. The molecule has 2 amide bonds. The second-order valence-electron chi connectivity index (χ2n) is 10.6. The van der Waals surface area contributed by atoms with Crippen molar-refractivity contribution in [3.8, 4) is 5.75 Å². The van der Waals surface area contributed by atoms with Gasteiger partial charge in [-0.25, -0.2) is 0 Å². The third kappa shape index (κ3) is 5.40. The Morgan fingerprint density at radius 1 is 1.03 bits per heavy atom.